The molecule has 2 aliphatic rings. The van der Waals surface area contributed by atoms with Gasteiger partial charge in [0.25, 0.3) is 11.8 Å². The first-order valence-electron chi connectivity index (χ1n) is 13.6. The summed E-state index contributed by atoms with van der Waals surface area (Å²) < 4.78 is 60.2. The van der Waals surface area contributed by atoms with Crippen molar-refractivity contribution >= 4 is 38.5 Å². The van der Waals surface area contributed by atoms with E-state index in [0.29, 0.717) is 40.1 Å². The second-order valence-corrected chi connectivity index (χ2v) is 12.6. The number of hydrogen-bond acceptors (Lipinski definition) is 5. The van der Waals surface area contributed by atoms with Crippen LogP contribution in [0.1, 0.15) is 33.6 Å². The zero-order chi connectivity index (χ0) is 29.8. The van der Waals surface area contributed by atoms with Gasteiger partial charge in [0.1, 0.15) is 23.8 Å². The molecule has 11 heteroatoms. The Bertz CT molecular complexity index is 1820. The van der Waals surface area contributed by atoms with E-state index in [4.69, 9.17) is 4.42 Å². The van der Waals surface area contributed by atoms with Crippen LogP contribution in [0.25, 0.3) is 33.4 Å². The number of alkyl halides is 1. The van der Waals surface area contributed by atoms with Crippen LogP contribution < -0.4 is 9.62 Å². The van der Waals surface area contributed by atoms with Crippen molar-refractivity contribution in [3.05, 3.63) is 77.6 Å². The molecule has 1 N–H and O–H groups in total. The summed E-state index contributed by atoms with van der Waals surface area (Å²) in [5.41, 5.74) is 2.28. The lowest BCUT2D eigenvalue weighted by molar-refractivity contribution is 0.0768. The van der Waals surface area contributed by atoms with Crippen molar-refractivity contribution in [1.29, 1.82) is 0 Å². The topological polar surface area (TPSA) is 99.9 Å². The van der Waals surface area contributed by atoms with Gasteiger partial charge in [-0.15, -0.1) is 0 Å². The van der Waals surface area contributed by atoms with Crippen LogP contribution in [0.15, 0.2) is 65.1 Å². The quantitative estimate of drug-likeness (QED) is 0.302. The number of benzene rings is 3. The molecule has 1 saturated heterocycles. The molecule has 42 heavy (non-hydrogen) atoms. The summed E-state index contributed by atoms with van der Waals surface area (Å²) in [6.45, 7) is -0.686. The van der Waals surface area contributed by atoms with Crippen LogP contribution in [-0.4, -0.2) is 64.2 Å². The third-order valence-corrected chi connectivity index (χ3v) is 9.21. The zero-order valence-corrected chi connectivity index (χ0v) is 23.9. The highest BCUT2D eigenvalue weighted by Crippen LogP contribution is 2.45. The minimum absolute atomic E-state index is 0.0961. The second kappa shape index (κ2) is 10.5. The Morgan fingerprint density at radius 3 is 2.48 bits per heavy atom. The molecule has 1 aliphatic carbocycles. The van der Waals surface area contributed by atoms with E-state index >= 15 is 0 Å². The lowest BCUT2D eigenvalue weighted by atomic mass is 9.97. The highest BCUT2D eigenvalue weighted by molar-refractivity contribution is 7.92. The first-order valence-corrected chi connectivity index (χ1v) is 15.5. The third-order valence-electron chi connectivity index (χ3n) is 8.03. The van der Waals surface area contributed by atoms with E-state index in [1.165, 1.54) is 37.4 Å². The first-order chi connectivity index (χ1) is 20.1. The number of piperidine rings is 1. The number of likely N-dealkylation sites (tertiary alicyclic amines) is 1. The average molecular weight is 594 g/mol. The third kappa shape index (κ3) is 4.91. The van der Waals surface area contributed by atoms with Gasteiger partial charge in [-0.05, 0) is 66.8 Å². The molecule has 2 heterocycles. The molecular weight excluding hydrogens is 564 g/mol. The number of amides is 2. The highest BCUT2D eigenvalue weighted by atomic mass is 32.2. The number of furan rings is 1. The second-order valence-electron chi connectivity index (χ2n) is 10.7. The molecule has 1 aliphatic heterocycles. The average Bonchev–Trinajstić information content (AvgIpc) is 3.47. The van der Waals surface area contributed by atoms with Crippen molar-refractivity contribution in [2.45, 2.75) is 18.9 Å². The fourth-order valence-electron chi connectivity index (χ4n) is 5.90. The molecule has 8 nitrogen and oxygen atoms in total. The molecule has 0 radical (unpaired) electrons. The number of hydrogen-bond donors (Lipinski definition) is 1. The molecule has 218 valence electrons. The molecule has 0 spiro atoms. The number of sulfonamides is 1. The van der Waals surface area contributed by atoms with E-state index in [1.807, 2.05) is 4.90 Å². The maximum atomic E-state index is 13.7. The van der Waals surface area contributed by atoms with Gasteiger partial charge in [0.05, 0.1) is 24.1 Å². The van der Waals surface area contributed by atoms with Crippen LogP contribution in [0.4, 0.5) is 14.5 Å². The monoisotopic (exact) mass is 593 g/mol. The molecule has 3 aromatic carbocycles. The molecule has 2 unspecified atom stereocenters. The summed E-state index contributed by atoms with van der Waals surface area (Å²) in [7, 11) is -2.48. The van der Waals surface area contributed by atoms with E-state index in [-0.39, 0.29) is 34.5 Å². The molecule has 2 amide bonds. The Morgan fingerprint density at radius 1 is 1.10 bits per heavy atom. The number of anilines is 1. The number of rotatable bonds is 8. The molecule has 0 bridgehead atoms. The van der Waals surface area contributed by atoms with E-state index in [0.717, 1.165) is 23.4 Å². The summed E-state index contributed by atoms with van der Waals surface area (Å²) in [6, 6.07) is 15.7. The van der Waals surface area contributed by atoms with Crippen molar-refractivity contribution in [2.24, 2.45) is 5.92 Å². The summed E-state index contributed by atoms with van der Waals surface area (Å²) in [4.78, 5) is 28.4. The van der Waals surface area contributed by atoms with Gasteiger partial charge in [-0.25, -0.2) is 17.2 Å². The summed E-state index contributed by atoms with van der Waals surface area (Å²) in [5, 5.41) is 2.98. The molecule has 4 aromatic rings. The zero-order valence-electron chi connectivity index (χ0n) is 23.1. The van der Waals surface area contributed by atoms with Crippen LogP contribution in [-0.2, 0) is 10.0 Å². The van der Waals surface area contributed by atoms with Crippen LogP contribution in [0.3, 0.4) is 0 Å². The van der Waals surface area contributed by atoms with E-state index < -0.39 is 35.0 Å². The first kappa shape index (κ1) is 27.9. The Kier molecular flexibility index (Phi) is 7.00. The molecule has 2 atom stereocenters. The number of nitrogens with zero attached hydrogens (tertiary/aromatic N) is 2. The maximum absolute atomic E-state index is 13.7. The van der Waals surface area contributed by atoms with Gasteiger partial charge < -0.3 is 14.6 Å². The van der Waals surface area contributed by atoms with Gasteiger partial charge in [0.2, 0.25) is 10.0 Å². The summed E-state index contributed by atoms with van der Waals surface area (Å²) >= 11 is 0. The number of halogens is 2. The Morgan fingerprint density at radius 2 is 1.86 bits per heavy atom. The minimum Gasteiger partial charge on any atom is -0.455 e. The van der Waals surface area contributed by atoms with Gasteiger partial charge in [-0.3, -0.25) is 13.9 Å². The van der Waals surface area contributed by atoms with Crippen molar-refractivity contribution in [1.82, 2.24) is 10.2 Å². The van der Waals surface area contributed by atoms with Gasteiger partial charge >= 0.3 is 0 Å². The normalized spacial score (nSPS) is 17.8. The molecule has 6 rings (SSSR count). The number of carbonyl (C=O) groups excluding carboxylic acids is 2. The van der Waals surface area contributed by atoms with Gasteiger partial charge in [0.15, 0.2) is 0 Å². The molecule has 2 fully saturated rings. The van der Waals surface area contributed by atoms with Crippen molar-refractivity contribution in [3.8, 4) is 22.5 Å². The van der Waals surface area contributed by atoms with Crippen LogP contribution in [0.5, 0.6) is 0 Å². The molecular formula is C31H29F2N3O5S. The summed E-state index contributed by atoms with van der Waals surface area (Å²) in [6.07, 6.45) is 2.98. The SMILES string of the molecule is CNC(=O)c1c(-c2ccc(F)cc2)oc2cc(N(CCF)S(C)(=O)=O)c(-c3cccc(C(=O)N4CCC5CC54)c3)cc12. The largest absolute Gasteiger partial charge is 0.455 e. The van der Waals surface area contributed by atoms with Crippen molar-refractivity contribution in [2.75, 3.05) is 37.4 Å². The van der Waals surface area contributed by atoms with E-state index in [2.05, 4.69) is 5.32 Å². The van der Waals surface area contributed by atoms with E-state index in [1.54, 1.807) is 30.3 Å². The van der Waals surface area contributed by atoms with Crippen LogP contribution >= 0.6 is 0 Å². The fraction of sp³-hybridized carbons (Fsp3) is 0.290. The predicted octanol–water partition coefficient (Wildman–Crippen LogP) is 5.24. The lowest BCUT2D eigenvalue weighted by Gasteiger charge is -2.24. The Hall–Kier alpha value is -4.25. The van der Waals surface area contributed by atoms with Gasteiger partial charge in [-0.2, -0.15) is 0 Å². The minimum atomic E-state index is -3.95. The fourth-order valence-corrected chi connectivity index (χ4v) is 6.81. The highest BCUT2D eigenvalue weighted by Gasteiger charge is 2.48. The van der Waals surface area contributed by atoms with Crippen molar-refractivity contribution in [3.63, 3.8) is 0 Å². The van der Waals surface area contributed by atoms with Gasteiger partial charge in [-0.1, -0.05) is 12.1 Å². The Labute approximate surface area is 242 Å². The van der Waals surface area contributed by atoms with E-state index in [9.17, 15) is 26.8 Å². The van der Waals surface area contributed by atoms with Crippen LogP contribution in [0.2, 0.25) is 0 Å². The number of carbonyl (C=O) groups is 2. The molecule has 1 saturated carbocycles. The lowest BCUT2D eigenvalue weighted by Crippen LogP contribution is -2.32. The van der Waals surface area contributed by atoms with Crippen LogP contribution in [0, 0.1) is 11.7 Å². The standard InChI is InChI=1S/C31H29F2N3O5S/c1-34-30(37)28-24-16-23(19-4-3-5-21(14-19)31(38)35-12-10-20-15-25(20)35)26(36(13-11-32)42(2,39)40)17-27(24)41-29(28)18-6-8-22(33)9-7-18/h3-9,14,16-17,20,25H,10-13,15H2,1-2H3,(H,34,37). The summed E-state index contributed by atoms with van der Waals surface area (Å²) in [5.74, 6) is -0.291. The number of nitrogens with one attached hydrogen (secondary N) is 1. The maximum Gasteiger partial charge on any atom is 0.255 e. The van der Waals surface area contributed by atoms with Gasteiger partial charge in [0, 0.05) is 47.8 Å². The smallest absolute Gasteiger partial charge is 0.255 e. The Balaban J connectivity index is 1.58. The van der Waals surface area contributed by atoms with Crippen molar-refractivity contribution < 1.29 is 31.2 Å². The number of fused-ring (bicyclic) bond motifs is 2. The molecule has 1 aromatic heterocycles. The predicted molar refractivity (Wildman–Crippen MR) is 156 cm³/mol.